The molecule has 0 radical (unpaired) electrons. The number of amides is 3. The zero-order valence-corrected chi connectivity index (χ0v) is 20.8. The van der Waals surface area contributed by atoms with Gasteiger partial charge in [-0.3, -0.25) is 14.4 Å². The standard InChI is InChI=1S/C28H36N4O3/c1-3-7-25(28(35)29-23-8-6-9-24(17-23)31-14-4-5-15-31)30-27(34)22-16-26(33)32(19-22)18-21-12-10-20(2)11-13-21/h6,8-13,17,22,25H,3-5,7,14-16,18-19H2,1-2H3,(H,29,35)(H,30,34). The van der Waals surface area contributed by atoms with E-state index >= 15 is 0 Å². The van der Waals surface area contributed by atoms with Crippen molar-refractivity contribution in [1.82, 2.24) is 10.2 Å². The molecule has 2 heterocycles. The predicted molar refractivity (Wildman–Crippen MR) is 138 cm³/mol. The molecule has 2 unspecified atom stereocenters. The summed E-state index contributed by atoms with van der Waals surface area (Å²) in [6.07, 6.45) is 3.85. The van der Waals surface area contributed by atoms with Crippen LogP contribution in [-0.4, -0.2) is 48.3 Å². The molecule has 0 aromatic heterocycles. The minimum Gasteiger partial charge on any atom is -0.371 e. The van der Waals surface area contributed by atoms with Crippen molar-refractivity contribution in [1.29, 1.82) is 0 Å². The molecule has 0 spiro atoms. The molecule has 2 aromatic carbocycles. The topological polar surface area (TPSA) is 81.8 Å². The number of hydrogen-bond acceptors (Lipinski definition) is 4. The van der Waals surface area contributed by atoms with E-state index in [0.29, 0.717) is 19.5 Å². The lowest BCUT2D eigenvalue weighted by molar-refractivity contribution is -0.130. The van der Waals surface area contributed by atoms with Gasteiger partial charge in [0.2, 0.25) is 17.7 Å². The molecule has 2 saturated heterocycles. The zero-order valence-electron chi connectivity index (χ0n) is 20.8. The van der Waals surface area contributed by atoms with Gasteiger partial charge in [0.25, 0.3) is 0 Å². The Hall–Kier alpha value is -3.35. The molecule has 186 valence electrons. The first-order chi connectivity index (χ1) is 16.9. The third-order valence-electron chi connectivity index (χ3n) is 6.87. The Kier molecular flexibility index (Phi) is 8.06. The fraction of sp³-hybridized carbons (Fsp3) is 0.464. The fourth-order valence-electron chi connectivity index (χ4n) is 4.85. The van der Waals surface area contributed by atoms with Crippen LogP contribution in [0.2, 0.25) is 0 Å². The average molecular weight is 477 g/mol. The molecule has 7 heteroatoms. The summed E-state index contributed by atoms with van der Waals surface area (Å²) in [5.41, 5.74) is 4.05. The van der Waals surface area contributed by atoms with Gasteiger partial charge in [0, 0.05) is 44.0 Å². The van der Waals surface area contributed by atoms with Crippen molar-refractivity contribution in [2.24, 2.45) is 5.92 Å². The summed E-state index contributed by atoms with van der Waals surface area (Å²) in [6, 6.07) is 15.3. The van der Waals surface area contributed by atoms with E-state index in [-0.39, 0.29) is 24.1 Å². The van der Waals surface area contributed by atoms with Crippen molar-refractivity contribution in [3.05, 3.63) is 59.7 Å². The number of carbonyl (C=O) groups excluding carboxylic acids is 3. The number of hydrogen-bond donors (Lipinski definition) is 2. The zero-order chi connectivity index (χ0) is 24.8. The smallest absolute Gasteiger partial charge is 0.246 e. The second-order valence-corrected chi connectivity index (χ2v) is 9.74. The number of likely N-dealkylation sites (tertiary alicyclic amines) is 1. The van der Waals surface area contributed by atoms with Crippen LogP contribution in [0.15, 0.2) is 48.5 Å². The normalized spacial score (nSPS) is 18.6. The Morgan fingerprint density at radius 1 is 1.09 bits per heavy atom. The minimum absolute atomic E-state index is 0.0269. The first-order valence-electron chi connectivity index (χ1n) is 12.7. The maximum Gasteiger partial charge on any atom is 0.246 e. The molecule has 0 bridgehead atoms. The summed E-state index contributed by atoms with van der Waals surface area (Å²) in [5, 5.41) is 5.91. The molecule has 3 amide bonds. The second-order valence-electron chi connectivity index (χ2n) is 9.74. The number of aryl methyl sites for hydroxylation is 1. The summed E-state index contributed by atoms with van der Waals surface area (Å²) in [7, 11) is 0. The van der Waals surface area contributed by atoms with Crippen LogP contribution in [0.4, 0.5) is 11.4 Å². The van der Waals surface area contributed by atoms with Crippen LogP contribution in [0, 0.1) is 12.8 Å². The highest BCUT2D eigenvalue weighted by molar-refractivity contribution is 5.98. The first-order valence-corrected chi connectivity index (χ1v) is 12.7. The highest BCUT2D eigenvalue weighted by Gasteiger charge is 2.35. The number of nitrogens with zero attached hydrogens (tertiary/aromatic N) is 2. The van der Waals surface area contributed by atoms with Crippen LogP contribution >= 0.6 is 0 Å². The largest absolute Gasteiger partial charge is 0.371 e. The van der Waals surface area contributed by atoms with Crippen molar-refractivity contribution in [3.63, 3.8) is 0 Å². The van der Waals surface area contributed by atoms with E-state index in [1.165, 1.54) is 18.4 Å². The average Bonchev–Trinajstić information content (AvgIpc) is 3.51. The molecular formula is C28H36N4O3. The molecule has 2 aromatic rings. The predicted octanol–water partition coefficient (Wildman–Crippen LogP) is 3.87. The number of rotatable bonds is 9. The van der Waals surface area contributed by atoms with Gasteiger partial charge in [0.15, 0.2) is 0 Å². The summed E-state index contributed by atoms with van der Waals surface area (Å²) in [4.78, 5) is 42.7. The van der Waals surface area contributed by atoms with Crippen LogP contribution in [0.25, 0.3) is 0 Å². The Balaban J connectivity index is 1.34. The van der Waals surface area contributed by atoms with Gasteiger partial charge in [0.05, 0.1) is 5.92 Å². The third kappa shape index (κ3) is 6.41. The lowest BCUT2D eigenvalue weighted by atomic mass is 10.1. The molecule has 0 saturated carbocycles. The van der Waals surface area contributed by atoms with E-state index in [2.05, 4.69) is 21.6 Å². The summed E-state index contributed by atoms with van der Waals surface area (Å²) >= 11 is 0. The van der Waals surface area contributed by atoms with Gasteiger partial charge in [-0.2, -0.15) is 0 Å². The summed E-state index contributed by atoms with van der Waals surface area (Å²) in [6.45, 7) is 6.95. The van der Waals surface area contributed by atoms with Crippen LogP contribution in [0.5, 0.6) is 0 Å². The molecule has 2 N–H and O–H groups in total. The maximum atomic E-state index is 13.1. The molecule has 2 aliphatic heterocycles. The maximum absolute atomic E-state index is 13.1. The van der Waals surface area contributed by atoms with Crippen LogP contribution in [0.1, 0.15) is 50.2 Å². The van der Waals surface area contributed by atoms with Gasteiger partial charge in [-0.1, -0.05) is 49.2 Å². The van der Waals surface area contributed by atoms with Crippen molar-refractivity contribution in [3.8, 4) is 0 Å². The van der Waals surface area contributed by atoms with E-state index in [4.69, 9.17) is 0 Å². The third-order valence-corrected chi connectivity index (χ3v) is 6.87. The van der Waals surface area contributed by atoms with Gasteiger partial charge in [-0.15, -0.1) is 0 Å². The van der Waals surface area contributed by atoms with Crippen LogP contribution in [0.3, 0.4) is 0 Å². The molecule has 7 nitrogen and oxygen atoms in total. The Morgan fingerprint density at radius 3 is 2.54 bits per heavy atom. The molecule has 2 aliphatic rings. The molecule has 2 fully saturated rings. The van der Waals surface area contributed by atoms with Crippen molar-refractivity contribution in [2.75, 3.05) is 29.9 Å². The molecule has 35 heavy (non-hydrogen) atoms. The number of nitrogens with one attached hydrogen (secondary N) is 2. The van der Waals surface area contributed by atoms with E-state index in [1.807, 2.05) is 56.3 Å². The first kappa shape index (κ1) is 24.8. The van der Waals surface area contributed by atoms with Crippen molar-refractivity contribution in [2.45, 2.75) is 58.5 Å². The van der Waals surface area contributed by atoms with Gasteiger partial charge in [0.1, 0.15) is 6.04 Å². The fourth-order valence-corrected chi connectivity index (χ4v) is 4.85. The highest BCUT2D eigenvalue weighted by Crippen LogP contribution is 2.24. The Bertz CT molecular complexity index is 1050. The van der Waals surface area contributed by atoms with E-state index in [1.54, 1.807) is 4.90 Å². The van der Waals surface area contributed by atoms with Crippen LogP contribution < -0.4 is 15.5 Å². The SMILES string of the molecule is CCCC(NC(=O)C1CC(=O)N(Cc2ccc(C)cc2)C1)C(=O)Nc1cccc(N2CCCC2)c1. The van der Waals surface area contributed by atoms with Crippen LogP contribution in [-0.2, 0) is 20.9 Å². The molecular weight excluding hydrogens is 440 g/mol. The van der Waals surface area contributed by atoms with Gasteiger partial charge >= 0.3 is 0 Å². The van der Waals surface area contributed by atoms with Crippen molar-refractivity contribution < 1.29 is 14.4 Å². The van der Waals surface area contributed by atoms with Crippen molar-refractivity contribution >= 4 is 29.1 Å². The number of benzene rings is 2. The van der Waals surface area contributed by atoms with E-state index < -0.39 is 12.0 Å². The second kappa shape index (κ2) is 11.4. The lowest BCUT2D eigenvalue weighted by Gasteiger charge is -2.22. The van der Waals surface area contributed by atoms with Gasteiger partial charge in [-0.25, -0.2) is 0 Å². The quantitative estimate of drug-likeness (QED) is 0.576. The van der Waals surface area contributed by atoms with Gasteiger partial charge in [-0.05, 0) is 49.9 Å². The van der Waals surface area contributed by atoms with E-state index in [9.17, 15) is 14.4 Å². The Labute approximate surface area is 207 Å². The lowest BCUT2D eigenvalue weighted by Crippen LogP contribution is -2.46. The van der Waals surface area contributed by atoms with E-state index in [0.717, 1.165) is 36.4 Å². The molecule has 0 aliphatic carbocycles. The summed E-state index contributed by atoms with van der Waals surface area (Å²) < 4.78 is 0. The Morgan fingerprint density at radius 2 is 1.83 bits per heavy atom. The molecule has 4 rings (SSSR count). The number of anilines is 2. The minimum atomic E-state index is -0.635. The monoisotopic (exact) mass is 476 g/mol. The number of carbonyl (C=O) groups is 3. The summed E-state index contributed by atoms with van der Waals surface area (Å²) in [5.74, 6) is -0.927. The highest BCUT2D eigenvalue weighted by atomic mass is 16.2. The van der Waals surface area contributed by atoms with Gasteiger partial charge < -0.3 is 20.4 Å². The molecule has 2 atom stereocenters.